The summed E-state index contributed by atoms with van der Waals surface area (Å²) in [5, 5.41) is 10.6. The highest BCUT2D eigenvalue weighted by molar-refractivity contribution is 7.89. The van der Waals surface area contributed by atoms with Gasteiger partial charge in [0.15, 0.2) is 0 Å². The van der Waals surface area contributed by atoms with Gasteiger partial charge in [0.25, 0.3) is 0 Å². The maximum Gasteiger partial charge on any atom is 0.314 e. The zero-order chi connectivity index (χ0) is 27.8. The second kappa shape index (κ2) is 8.94. The van der Waals surface area contributed by atoms with Gasteiger partial charge in [-0.3, -0.25) is 4.79 Å². The van der Waals surface area contributed by atoms with Gasteiger partial charge in [0.2, 0.25) is 10.0 Å². The highest BCUT2D eigenvalue weighted by atomic mass is 32.2. The van der Waals surface area contributed by atoms with E-state index in [1.54, 1.807) is 37.3 Å². The molecule has 6 nitrogen and oxygen atoms in total. The third kappa shape index (κ3) is 4.16. The summed E-state index contributed by atoms with van der Waals surface area (Å²) in [6.07, 6.45) is 4.64. The first-order valence-corrected chi connectivity index (χ1v) is 15.1. The van der Waals surface area contributed by atoms with Crippen molar-refractivity contribution < 1.29 is 31.8 Å². The van der Waals surface area contributed by atoms with Crippen molar-refractivity contribution in [3.05, 3.63) is 82.6 Å². The highest BCUT2D eigenvalue weighted by Crippen LogP contribution is 2.68. The summed E-state index contributed by atoms with van der Waals surface area (Å²) in [7, 11) is -3.83. The molecule has 0 aromatic heterocycles. The summed E-state index contributed by atoms with van der Waals surface area (Å²) >= 11 is 0. The molecule has 0 bridgehead atoms. The summed E-state index contributed by atoms with van der Waals surface area (Å²) in [5.74, 6) is -1.65. The number of halogens is 2. The van der Waals surface area contributed by atoms with Crippen molar-refractivity contribution in [1.82, 2.24) is 4.31 Å². The number of aliphatic hydroxyl groups is 1. The van der Waals surface area contributed by atoms with Gasteiger partial charge in [-0.1, -0.05) is 37.3 Å². The Morgan fingerprint density at radius 1 is 1.08 bits per heavy atom. The quantitative estimate of drug-likeness (QED) is 0.480. The van der Waals surface area contributed by atoms with Crippen LogP contribution in [0.15, 0.2) is 54.3 Å². The molecule has 39 heavy (non-hydrogen) atoms. The van der Waals surface area contributed by atoms with Crippen molar-refractivity contribution in [3.63, 3.8) is 0 Å². The van der Waals surface area contributed by atoms with Crippen LogP contribution in [0, 0.1) is 17.0 Å². The molecule has 0 unspecified atom stereocenters. The van der Waals surface area contributed by atoms with Crippen LogP contribution in [0.1, 0.15) is 80.7 Å². The molecule has 2 atom stereocenters. The maximum atomic E-state index is 15.9. The predicted molar refractivity (Wildman–Crippen MR) is 141 cm³/mol. The third-order valence-electron chi connectivity index (χ3n) is 9.64. The Kier molecular flexibility index (Phi) is 6.10. The average molecular weight is 558 g/mol. The number of esters is 1. The molecule has 3 fully saturated rings. The van der Waals surface area contributed by atoms with Crippen molar-refractivity contribution >= 4 is 16.0 Å². The monoisotopic (exact) mass is 557 g/mol. The number of allylic oxidation sites excluding steroid dienone is 1. The van der Waals surface area contributed by atoms with Crippen LogP contribution in [0.2, 0.25) is 0 Å². The van der Waals surface area contributed by atoms with Gasteiger partial charge < -0.3 is 9.84 Å². The average Bonchev–Trinajstić information content (AvgIpc) is 3.48. The summed E-state index contributed by atoms with van der Waals surface area (Å²) in [5.41, 5.74) is -1.86. The Balaban J connectivity index is 1.33. The van der Waals surface area contributed by atoms with Gasteiger partial charge in [-0.15, -0.1) is 0 Å². The number of carbonyl (C=O) groups is 1. The van der Waals surface area contributed by atoms with E-state index in [9.17, 15) is 18.3 Å². The van der Waals surface area contributed by atoms with E-state index >= 15 is 8.78 Å². The van der Waals surface area contributed by atoms with Gasteiger partial charge >= 0.3 is 5.97 Å². The Hall–Kier alpha value is -2.62. The Labute approximate surface area is 227 Å². The molecule has 9 heteroatoms. The van der Waals surface area contributed by atoms with Crippen molar-refractivity contribution in [2.75, 3.05) is 0 Å². The molecule has 0 radical (unpaired) electrons. The van der Waals surface area contributed by atoms with Crippen LogP contribution in [0.5, 0.6) is 0 Å². The standard InChI is InChI=1S/C30H33F2NO5S/c1-19-8-9-25(20-6-4-3-5-7-20)39(36,37)33(19)16-21-14-24(32)22(15-23(21)31)29(26-10-11-27(34)38-26)17-30(35,18-29)28(2)12-13-28/h3-7,10,14-15,19,25,35H,8-9,11-13,16-18H2,1-2H3/t19-,25-,29?,30?/m0/s1. The molecule has 4 aliphatic rings. The van der Waals surface area contributed by atoms with Gasteiger partial charge in [-0.25, -0.2) is 17.2 Å². The fourth-order valence-electron chi connectivity index (χ4n) is 6.79. The zero-order valence-electron chi connectivity index (χ0n) is 22.1. The summed E-state index contributed by atoms with van der Waals surface area (Å²) in [6, 6.07) is 10.7. The SMILES string of the molecule is C[C@H]1CC[C@@H](c2ccccc2)S(=O)(=O)N1Cc1cc(F)c(C2(C3=CCC(=O)O3)CC(O)(C3(C)CC3)C2)cc1F. The molecule has 2 aromatic carbocycles. The number of rotatable bonds is 6. The Bertz CT molecular complexity index is 1460. The predicted octanol–water partition coefficient (Wildman–Crippen LogP) is 5.41. The van der Waals surface area contributed by atoms with Gasteiger partial charge in [0, 0.05) is 23.7 Å². The number of sulfonamides is 1. The number of nitrogens with zero attached hydrogens (tertiary/aromatic N) is 1. The number of hydrogen-bond donors (Lipinski definition) is 1. The topological polar surface area (TPSA) is 83.9 Å². The minimum atomic E-state index is -3.83. The van der Waals surface area contributed by atoms with Crippen LogP contribution < -0.4 is 0 Å². The minimum Gasteiger partial charge on any atom is -0.430 e. The highest BCUT2D eigenvalue weighted by Gasteiger charge is 2.69. The van der Waals surface area contributed by atoms with Gasteiger partial charge in [-0.2, -0.15) is 4.31 Å². The van der Waals surface area contributed by atoms with Crippen molar-refractivity contribution in [2.45, 2.75) is 87.6 Å². The first kappa shape index (κ1) is 26.6. The Morgan fingerprint density at radius 3 is 2.38 bits per heavy atom. The lowest BCUT2D eigenvalue weighted by molar-refractivity contribution is -0.151. The first-order chi connectivity index (χ1) is 18.4. The van der Waals surface area contributed by atoms with E-state index in [-0.39, 0.29) is 54.2 Å². The van der Waals surface area contributed by atoms with Crippen LogP contribution in [0.25, 0.3) is 0 Å². The molecule has 2 aromatic rings. The molecule has 2 heterocycles. The van der Waals surface area contributed by atoms with Crippen LogP contribution in [0.3, 0.4) is 0 Å². The largest absolute Gasteiger partial charge is 0.430 e. The molecule has 1 N–H and O–H groups in total. The lowest BCUT2D eigenvalue weighted by atomic mass is 9.51. The Morgan fingerprint density at radius 2 is 1.77 bits per heavy atom. The summed E-state index contributed by atoms with van der Waals surface area (Å²) in [4.78, 5) is 11.9. The lowest BCUT2D eigenvalue weighted by Gasteiger charge is -2.56. The van der Waals surface area contributed by atoms with Crippen LogP contribution in [-0.2, 0) is 31.5 Å². The van der Waals surface area contributed by atoms with Crippen LogP contribution in [-0.4, -0.2) is 35.4 Å². The van der Waals surface area contributed by atoms with Crippen molar-refractivity contribution in [1.29, 1.82) is 0 Å². The van der Waals surface area contributed by atoms with Crippen LogP contribution >= 0.6 is 0 Å². The van der Waals surface area contributed by atoms with E-state index in [1.807, 2.05) is 13.0 Å². The summed E-state index contributed by atoms with van der Waals surface area (Å²) < 4.78 is 65.5. The van der Waals surface area contributed by atoms with E-state index in [2.05, 4.69) is 0 Å². The molecule has 1 saturated heterocycles. The zero-order valence-corrected chi connectivity index (χ0v) is 22.9. The third-order valence-corrected chi connectivity index (χ3v) is 12.0. The second-order valence-electron chi connectivity index (χ2n) is 12.1. The number of ether oxygens (including phenoxy) is 1. The minimum absolute atomic E-state index is 0.0235. The van der Waals surface area contributed by atoms with Gasteiger partial charge in [0.05, 0.1) is 17.4 Å². The van der Waals surface area contributed by atoms with Gasteiger partial charge in [0.1, 0.15) is 22.6 Å². The number of carbonyl (C=O) groups excluding carboxylic acids is 1. The van der Waals surface area contributed by atoms with Gasteiger partial charge in [-0.05, 0) is 74.6 Å². The fraction of sp³-hybridized carbons (Fsp3) is 0.500. The number of cyclic esters (lactones) is 1. The fourth-order valence-corrected chi connectivity index (χ4v) is 8.98. The van der Waals surface area contributed by atoms with E-state index in [1.165, 1.54) is 4.31 Å². The number of hydrogen-bond acceptors (Lipinski definition) is 5. The van der Waals surface area contributed by atoms with E-state index < -0.39 is 43.9 Å². The molecule has 6 rings (SSSR count). The molecular weight excluding hydrogens is 524 g/mol. The summed E-state index contributed by atoms with van der Waals surface area (Å²) in [6.45, 7) is 3.47. The lowest BCUT2D eigenvalue weighted by Crippen LogP contribution is -2.60. The molecule has 0 amide bonds. The molecule has 2 aliphatic carbocycles. The number of benzene rings is 2. The molecule has 2 saturated carbocycles. The maximum absolute atomic E-state index is 15.9. The first-order valence-electron chi connectivity index (χ1n) is 13.6. The van der Waals surface area contributed by atoms with E-state index in [0.29, 0.717) is 18.4 Å². The molecular formula is C30H33F2NO5S. The molecule has 2 aliphatic heterocycles. The van der Waals surface area contributed by atoms with Crippen molar-refractivity contribution in [2.24, 2.45) is 5.41 Å². The van der Waals surface area contributed by atoms with E-state index in [0.717, 1.165) is 25.0 Å². The molecule has 208 valence electrons. The molecule has 0 spiro atoms. The second-order valence-corrected chi connectivity index (χ2v) is 14.2. The van der Waals surface area contributed by atoms with E-state index in [4.69, 9.17) is 4.74 Å². The van der Waals surface area contributed by atoms with Crippen molar-refractivity contribution in [3.8, 4) is 0 Å². The smallest absolute Gasteiger partial charge is 0.314 e. The van der Waals surface area contributed by atoms with Crippen LogP contribution in [0.4, 0.5) is 8.78 Å². The normalized spacial score (nSPS) is 33.3.